The van der Waals surface area contributed by atoms with Crippen molar-refractivity contribution in [2.75, 3.05) is 12.4 Å². The molecule has 0 aliphatic rings. The predicted octanol–water partition coefficient (Wildman–Crippen LogP) is 3.52. The van der Waals surface area contributed by atoms with Crippen molar-refractivity contribution in [2.24, 2.45) is 0 Å². The van der Waals surface area contributed by atoms with Gasteiger partial charge >= 0.3 is 6.09 Å². The van der Waals surface area contributed by atoms with Crippen LogP contribution in [0.15, 0.2) is 30.6 Å². The van der Waals surface area contributed by atoms with Crippen molar-refractivity contribution in [3.05, 3.63) is 41.7 Å². The summed E-state index contributed by atoms with van der Waals surface area (Å²) in [4.78, 5) is 20.2. The molecule has 0 fully saturated rings. The normalized spacial score (nSPS) is 11.0. The predicted molar refractivity (Wildman–Crippen MR) is 94.8 cm³/mol. The van der Waals surface area contributed by atoms with Crippen LogP contribution in [-0.4, -0.2) is 28.7 Å². The lowest BCUT2D eigenvalue weighted by Crippen LogP contribution is -2.32. The Morgan fingerprint density at radius 3 is 2.42 bits per heavy atom. The number of alkyl carbamates (subject to hydrolysis) is 1. The van der Waals surface area contributed by atoms with E-state index in [2.05, 4.69) is 20.6 Å². The van der Waals surface area contributed by atoms with Gasteiger partial charge in [0.25, 0.3) is 0 Å². The van der Waals surface area contributed by atoms with Crippen molar-refractivity contribution in [1.29, 1.82) is 0 Å². The number of nitrogens with zero attached hydrogens (tertiary/aromatic N) is 2. The second kappa shape index (κ2) is 7.29. The summed E-state index contributed by atoms with van der Waals surface area (Å²) in [6, 6.07) is 7.91. The van der Waals surface area contributed by atoms with Gasteiger partial charge in [-0.25, -0.2) is 14.8 Å². The molecule has 0 aliphatic carbocycles. The van der Waals surface area contributed by atoms with Crippen LogP contribution in [0.25, 0.3) is 11.3 Å². The Bertz CT molecular complexity index is 706. The van der Waals surface area contributed by atoms with Crippen molar-refractivity contribution in [3.63, 3.8) is 0 Å². The van der Waals surface area contributed by atoms with Crippen molar-refractivity contribution in [1.82, 2.24) is 15.3 Å². The Balaban J connectivity index is 2.05. The van der Waals surface area contributed by atoms with Gasteiger partial charge in [0.2, 0.25) is 0 Å². The molecule has 1 heterocycles. The summed E-state index contributed by atoms with van der Waals surface area (Å²) < 4.78 is 5.22. The highest BCUT2D eigenvalue weighted by Gasteiger charge is 2.15. The van der Waals surface area contributed by atoms with E-state index in [0.29, 0.717) is 6.54 Å². The molecule has 24 heavy (non-hydrogen) atoms. The van der Waals surface area contributed by atoms with Gasteiger partial charge in [0.1, 0.15) is 17.7 Å². The molecule has 6 nitrogen and oxygen atoms in total. The third-order valence-corrected chi connectivity index (χ3v) is 3.38. The van der Waals surface area contributed by atoms with Crippen LogP contribution in [0.1, 0.15) is 31.9 Å². The molecular weight excluding hydrogens is 304 g/mol. The average Bonchev–Trinajstić information content (AvgIpc) is 2.52. The number of anilines is 1. The van der Waals surface area contributed by atoms with E-state index in [1.165, 1.54) is 0 Å². The zero-order chi connectivity index (χ0) is 17.7. The third kappa shape index (κ3) is 4.68. The maximum absolute atomic E-state index is 11.7. The second-order valence-electron chi connectivity index (χ2n) is 6.50. The SMILES string of the molecule is CNc1ncnc(-c2ccc(CNC(=O)OC(C)(C)C)cc2)c1C. The first-order chi connectivity index (χ1) is 11.3. The second-order valence-corrected chi connectivity index (χ2v) is 6.50. The van der Waals surface area contributed by atoms with Crippen LogP contribution in [0.5, 0.6) is 0 Å². The van der Waals surface area contributed by atoms with E-state index in [0.717, 1.165) is 28.2 Å². The first kappa shape index (κ1) is 17.7. The number of aromatic nitrogens is 2. The number of amides is 1. The quantitative estimate of drug-likeness (QED) is 0.898. The van der Waals surface area contributed by atoms with Crippen molar-refractivity contribution in [2.45, 2.75) is 39.8 Å². The molecular formula is C18H24N4O2. The maximum atomic E-state index is 11.7. The number of carbonyl (C=O) groups is 1. The summed E-state index contributed by atoms with van der Waals surface area (Å²) in [6.07, 6.45) is 1.13. The highest BCUT2D eigenvalue weighted by molar-refractivity contribution is 5.69. The fourth-order valence-corrected chi connectivity index (χ4v) is 2.26. The van der Waals surface area contributed by atoms with E-state index in [-0.39, 0.29) is 0 Å². The molecule has 0 spiro atoms. The zero-order valence-corrected chi connectivity index (χ0v) is 14.8. The molecule has 1 aromatic carbocycles. The molecule has 0 atom stereocenters. The topological polar surface area (TPSA) is 76.1 Å². The smallest absolute Gasteiger partial charge is 0.407 e. The largest absolute Gasteiger partial charge is 0.444 e. The molecule has 128 valence electrons. The fourth-order valence-electron chi connectivity index (χ4n) is 2.26. The summed E-state index contributed by atoms with van der Waals surface area (Å²) >= 11 is 0. The summed E-state index contributed by atoms with van der Waals surface area (Å²) in [5.41, 5.74) is 3.39. The minimum Gasteiger partial charge on any atom is -0.444 e. The van der Waals surface area contributed by atoms with Gasteiger partial charge in [0, 0.05) is 24.7 Å². The van der Waals surface area contributed by atoms with Gasteiger partial charge in [-0.3, -0.25) is 0 Å². The van der Waals surface area contributed by atoms with Gasteiger partial charge in [0.05, 0.1) is 5.69 Å². The molecule has 0 saturated carbocycles. The maximum Gasteiger partial charge on any atom is 0.407 e. The highest BCUT2D eigenvalue weighted by Crippen LogP contribution is 2.24. The Morgan fingerprint density at radius 2 is 1.83 bits per heavy atom. The Hall–Kier alpha value is -2.63. The number of rotatable bonds is 4. The molecule has 0 radical (unpaired) electrons. The first-order valence-electron chi connectivity index (χ1n) is 7.85. The van der Waals surface area contributed by atoms with Crippen LogP contribution >= 0.6 is 0 Å². The molecule has 1 amide bonds. The zero-order valence-electron chi connectivity index (χ0n) is 14.8. The standard InChI is InChI=1S/C18H24N4O2/c1-12-15(21-11-22-16(12)19-5)14-8-6-13(7-9-14)10-20-17(23)24-18(2,3)4/h6-9,11H,10H2,1-5H3,(H,20,23)(H,19,21,22). The van der Waals surface area contributed by atoms with Crippen LogP contribution in [0.3, 0.4) is 0 Å². The third-order valence-electron chi connectivity index (χ3n) is 3.38. The molecule has 0 aliphatic heterocycles. The van der Waals surface area contributed by atoms with E-state index in [9.17, 15) is 4.79 Å². The van der Waals surface area contributed by atoms with E-state index in [1.807, 2.05) is 59.0 Å². The molecule has 0 unspecified atom stereocenters. The van der Waals surface area contributed by atoms with Gasteiger partial charge < -0.3 is 15.4 Å². The fraction of sp³-hybridized carbons (Fsp3) is 0.389. The van der Waals surface area contributed by atoms with E-state index in [4.69, 9.17) is 4.74 Å². The van der Waals surface area contributed by atoms with Crippen molar-refractivity contribution < 1.29 is 9.53 Å². The van der Waals surface area contributed by atoms with E-state index >= 15 is 0 Å². The molecule has 2 aromatic rings. The lowest BCUT2D eigenvalue weighted by molar-refractivity contribution is 0.0523. The molecule has 2 rings (SSSR count). The minimum atomic E-state index is -0.497. The van der Waals surface area contributed by atoms with Crippen LogP contribution < -0.4 is 10.6 Å². The average molecular weight is 328 g/mol. The lowest BCUT2D eigenvalue weighted by atomic mass is 10.1. The Labute approximate surface area is 142 Å². The number of nitrogens with one attached hydrogen (secondary N) is 2. The lowest BCUT2D eigenvalue weighted by Gasteiger charge is -2.19. The molecule has 0 saturated heterocycles. The van der Waals surface area contributed by atoms with E-state index < -0.39 is 11.7 Å². The minimum absolute atomic E-state index is 0.416. The summed E-state index contributed by atoms with van der Waals surface area (Å²) in [7, 11) is 1.84. The van der Waals surface area contributed by atoms with Crippen LogP contribution in [0, 0.1) is 6.92 Å². The first-order valence-corrected chi connectivity index (χ1v) is 7.85. The monoisotopic (exact) mass is 328 g/mol. The number of hydrogen-bond donors (Lipinski definition) is 2. The number of ether oxygens (including phenoxy) is 1. The summed E-state index contributed by atoms with van der Waals surface area (Å²) in [6.45, 7) is 7.92. The van der Waals surface area contributed by atoms with Crippen molar-refractivity contribution in [3.8, 4) is 11.3 Å². The Morgan fingerprint density at radius 1 is 1.17 bits per heavy atom. The van der Waals surface area contributed by atoms with E-state index in [1.54, 1.807) is 6.33 Å². The van der Waals surface area contributed by atoms with Crippen molar-refractivity contribution >= 4 is 11.9 Å². The van der Waals surface area contributed by atoms with Gasteiger partial charge in [-0.05, 0) is 33.3 Å². The van der Waals surface area contributed by atoms with Gasteiger partial charge in [-0.15, -0.1) is 0 Å². The number of benzene rings is 1. The molecule has 1 aromatic heterocycles. The Kier molecular flexibility index (Phi) is 5.39. The van der Waals surface area contributed by atoms with Gasteiger partial charge in [-0.2, -0.15) is 0 Å². The van der Waals surface area contributed by atoms with Gasteiger partial charge in [0.15, 0.2) is 0 Å². The highest BCUT2D eigenvalue weighted by atomic mass is 16.6. The molecule has 0 bridgehead atoms. The van der Waals surface area contributed by atoms with Crippen LogP contribution in [0.4, 0.5) is 10.6 Å². The van der Waals surface area contributed by atoms with Crippen LogP contribution in [-0.2, 0) is 11.3 Å². The summed E-state index contributed by atoms with van der Waals surface area (Å²) in [5, 5.41) is 5.80. The van der Waals surface area contributed by atoms with Crippen LogP contribution in [0.2, 0.25) is 0 Å². The number of carbonyl (C=O) groups excluding carboxylic acids is 1. The summed E-state index contributed by atoms with van der Waals surface area (Å²) in [5.74, 6) is 0.815. The molecule has 6 heteroatoms. The number of hydrogen-bond acceptors (Lipinski definition) is 5. The molecule has 2 N–H and O–H groups in total. The van der Waals surface area contributed by atoms with Gasteiger partial charge in [-0.1, -0.05) is 24.3 Å².